The van der Waals surface area contributed by atoms with Crippen LogP contribution in [0, 0.1) is 0 Å². The summed E-state index contributed by atoms with van der Waals surface area (Å²) in [4.78, 5) is 5.27. The Morgan fingerprint density at radius 2 is 1.95 bits per heavy atom. The van der Waals surface area contributed by atoms with E-state index < -0.39 is 0 Å². The second-order valence-electron chi connectivity index (χ2n) is 3.93. The van der Waals surface area contributed by atoms with Crippen molar-refractivity contribution in [2.24, 2.45) is 5.16 Å². The highest BCUT2D eigenvalue weighted by molar-refractivity contribution is 9.10. The van der Waals surface area contributed by atoms with Gasteiger partial charge in [0, 0.05) is 17.7 Å². The van der Waals surface area contributed by atoms with Gasteiger partial charge < -0.3 is 9.36 Å². The van der Waals surface area contributed by atoms with Crippen LogP contribution in [-0.2, 0) is 10.6 Å². The molecule has 4 nitrogen and oxygen atoms in total. The first-order chi connectivity index (χ1) is 9.07. The molecule has 0 atom stereocenters. The number of oxime groups is 1. The van der Waals surface area contributed by atoms with E-state index in [4.69, 9.17) is 9.36 Å². The van der Waals surface area contributed by atoms with E-state index in [2.05, 4.69) is 26.2 Å². The summed E-state index contributed by atoms with van der Waals surface area (Å²) < 4.78 is 5.58. The number of hydrogen-bond donors (Lipinski definition) is 0. The lowest BCUT2D eigenvalue weighted by Crippen LogP contribution is -2.18. The normalized spacial score (nSPS) is 15.4. The SMILES string of the molecule is CC.CC.CC1(C)CC(SCc2conc2Br)=NO1. The predicted octanol–water partition coefficient (Wildman–Crippen LogP) is 5.24. The summed E-state index contributed by atoms with van der Waals surface area (Å²) in [5, 5.41) is 8.80. The van der Waals surface area contributed by atoms with Gasteiger partial charge in [-0.2, -0.15) is 0 Å². The maximum absolute atomic E-state index is 5.27. The zero-order chi connectivity index (χ0) is 14.9. The summed E-state index contributed by atoms with van der Waals surface area (Å²) in [7, 11) is 0. The molecular formula is C13H23BrN2O2S. The summed E-state index contributed by atoms with van der Waals surface area (Å²) in [6.07, 6.45) is 2.50. The topological polar surface area (TPSA) is 47.6 Å². The number of hydrogen-bond acceptors (Lipinski definition) is 5. The van der Waals surface area contributed by atoms with Crippen molar-refractivity contribution in [1.29, 1.82) is 0 Å². The third-order valence-electron chi connectivity index (χ3n) is 1.96. The Labute approximate surface area is 128 Å². The first-order valence-corrected chi connectivity index (χ1v) is 8.31. The Hall–Kier alpha value is -0.490. The molecule has 0 bridgehead atoms. The van der Waals surface area contributed by atoms with Gasteiger partial charge in [0.2, 0.25) is 0 Å². The number of thioether (sulfide) groups is 1. The fourth-order valence-electron chi connectivity index (χ4n) is 1.18. The molecule has 0 fully saturated rings. The smallest absolute Gasteiger partial charge is 0.153 e. The van der Waals surface area contributed by atoms with E-state index in [-0.39, 0.29) is 5.60 Å². The van der Waals surface area contributed by atoms with Crippen molar-refractivity contribution in [2.45, 2.75) is 59.3 Å². The number of rotatable bonds is 2. The molecular weight excluding hydrogens is 328 g/mol. The lowest BCUT2D eigenvalue weighted by Gasteiger charge is -2.12. The van der Waals surface area contributed by atoms with Gasteiger partial charge in [-0.3, -0.25) is 0 Å². The van der Waals surface area contributed by atoms with Crippen molar-refractivity contribution in [3.63, 3.8) is 0 Å². The third kappa shape index (κ3) is 6.47. The summed E-state index contributed by atoms with van der Waals surface area (Å²) in [6, 6.07) is 0. The molecule has 0 saturated carbocycles. The third-order valence-corrected chi connectivity index (χ3v) is 3.62. The lowest BCUT2D eigenvalue weighted by atomic mass is 10.1. The van der Waals surface area contributed by atoms with Gasteiger partial charge in [0.05, 0.1) is 0 Å². The molecule has 0 saturated heterocycles. The van der Waals surface area contributed by atoms with E-state index in [0.29, 0.717) is 0 Å². The van der Waals surface area contributed by atoms with Gasteiger partial charge in [-0.15, -0.1) is 11.8 Å². The molecule has 110 valence electrons. The van der Waals surface area contributed by atoms with Crippen LogP contribution in [0.2, 0.25) is 0 Å². The maximum atomic E-state index is 5.27. The summed E-state index contributed by atoms with van der Waals surface area (Å²) >= 11 is 4.96. The molecule has 1 aliphatic rings. The Bertz CT molecular complexity index is 392. The molecule has 0 radical (unpaired) electrons. The molecule has 1 aromatic heterocycles. The fraction of sp³-hybridized carbons (Fsp3) is 0.692. The highest BCUT2D eigenvalue weighted by Gasteiger charge is 2.29. The van der Waals surface area contributed by atoms with Crippen LogP contribution in [0.25, 0.3) is 0 Å². The average molecular weight is 351 g/mol. The molecule has 1 aliphatic heterocycles. The first kappa shape index (κ1) is 18.5. The number of halogens is 1. The van der Waals surface area contributed by atoms with Crippen LogP contribution in [0.1, 0.15) is 53.5 Å². The molecule has 0 N–H and O–H groups in total. The lowest BCUT2D eigenvalue weighted by molar-refractivity contribution is 0.0123. The molecule has 6 heteroatoms. The summed E-state index contributed by atoms with van der Waals surface area (Å²) in [5.74, 6) is 0.794. The van der Waals surface area contributed by atoms with E-state index >= 15 is 0 Å². The average Bonchev–Trinajstić information content (AvgIpc) is 2.98. The first-order valence-electron chi connectivity index (χ1n) is 6.53. The summed E-state index contributed by atoms with van der Waals surface area (Å²) in [5.41, 5.74) is 0.876. The Kier molecular flexibility index (Phi) is 9.18. The minimum Gasteiger partial charge on any atom is -0.389 e. The molecule has 2 rings (SSSR count). The van der Waals surface area contributed by atoms with Crippen molar-refractivity contribution >= 4 is 32.7 Å². The Morgan fingerprint density at radius 1 is 1.32 bits per heavy atom. The van der Waals surface area contributed by atoms with Crippen LogP contribution in [0.15, 0.2) is 20.5 Å². The van der Waals surface area contributed by atoms with E-state index in [0.717, 1.165) is 27.4 Å². The molecule has 0 aromatic carbocycles. The van der Waals surface area contributed by atoms with Gasteiger partial charge in [0.1, 0.15) is 16.9 Å². The van der Waals surface area contributed by atoms with Gasteiger partial charge in [-0.25, -0.2) is 0 Å². The van der Waals surface area contributed by atoms with Crippen LogP contribution in [0.4, 0.5) is 0 Å². The maximum Gasteiger partial charge on any atom is 0.153 e. The van der Waals surface area contributed by atoms with Gasteiger partial charge in [-0.05, 0) is 29.8 Å². The van der Waals surface area contributed by atoms with Crippen molar-refractivity contribution in [1.82, 2.24) is 5.16 Å². The number of aromatic nitrogens is 1. The Balaban J connectivity index is 0.000000741. The quantitative estimate of drug-likeness (QED) is 0.731. The van der Waals surface area contributed by atoms with Crippen LogP contribution < -0.4 is 0 Å². The van der Waals surface area contributed by atoms with Crippen molar-refractivity contribution in [3.8, 4) is 0 Å². The van der Waals surface area contributed by atoms with Crippen LogP contribution in [0.3, 0.4) is 0 Å². The largest absolute Gasteiger partial charge is 0.389 e. The van der Waals surface area contributed by atoms with Gasteiger partial charge in [-0.1, -0.05) is 38.0 Å². The highest BCUT2D eigenvalue weighted by atomic mass is 79.9. The van der Waals surface area contributed by atoms with Gasteiger partial charge in [0.15, 0.2) is 4.60 Å². The number of nitrogens with zero attached hydrogens (tertiary/aromatic N) is 2. The van der Waals surface area contributed by atoms with Gasteiger partial charge >= 0.3 is 0 Å². The van der Waals surface area contributed by atoms with E-state index in [1.807, 2.05) is 41.5 Å². The molecule has 19 heavy (non-hydrogen) atoms. The zero-order valence-corrected chi connectivity index (χ0v) is 14.9. The molecule has 2 heterocycles. The van der Waals surface area contributed by atoms with E-state index in [1.54, 1.807) is 18.0 Å². The van der Waals surface area contributed by atoms with E-state index in [9.17, 15) is 0 Å². The monoisotopic (exact) mass is 350 g/mol. The standard InChI is InChI=1S/C9H11BrN2O2S.2C2H6/c1-9(2)3-7(11-14-9)15-5-6-4-13-12-8(6)10;2*1-2/h4H,3,5H2,1-2H3;2*1-2H3. The summed E-state index contributed by atoms with van der Waals surface area (Å²) in [6.45, 7) is 12.1. The van der Waals surface area contributed by atoms with Crippen LogP contribution in [-0.4, -0.2) is 15.8 Å². The molecule has 0 aliphatic carbocycles. The minimum atomic E-state index is -0.159. The second-order valence-corrected chi connectivity index (χ2v) is 5.73. The van der Waals surface area contributed by atoms with Crippen molar-refractivity contribution in [2.75, 3.05) is 0 Å². The molecule has 1 aromatic rings. The molecule has 0 unspecified atom stereocenters. The van der Waals surface area contributed by atoms with E-state index in [1.165, 1.54) is 0 Å². The molecule has 0 spiro atoms. The highest BCUT2D eigenvalue weighted by Crippen LogP contribution is 2.30. The Morgan fingerprint density at radius 3 is 2.37 bits per heavy atom. The molecule has 0 amide bonds. The predicted molar refractivity (Wildman–Crippen MR) is 85.4 cm³/mol. The minimum absolute atomic E-state index is 0.159. The van der Waals surface area contributed by atoms with Crippen LogP contribution in [0.5, 0.6) is 0 Å². The van der Waals surface area contributed by atoms with Crippen molar-refractivity contribution in [3.05, 3.63) is 16.4 Å². The van der Waals surface area contributed by atoms with Crippen molar-refractivity contribution < 1.29 is 9.36 Å². The van der Waals surface area contributed by atoms with Crippen LogP contribution >= 0.6 is 27.7 Å². The van der Waals surface area contributed by atoms with Gasteiger partial charge in [0.25, 0.3) is 0 Å². The zero-order valence-electron chi connectivity index (χ0n) is 12.5. The fourth-order valence-corrected chi connectivity index (χ4v) is 2.75. The second kappa shape index (κ2) is 9.42.